The molecule has 0 unspecified atom stereocenters. The highest BCUT2D eigenvalue weighted by Crippen LogP contribution is 2.68. The summed E-state index contributed by atoms with van der Waals surface area (Å²) in [6.07, 6.45) is 16.8. The Hall–Kier alpha value is -2.69. The molecule has 0 spiro atoms. The third kappa shape index (κ3) is 6.22. The van der Waals surface area contributed by atoms with E-state index in [1.54, 1.807) is 6.92 Å². The van der Waals surface area contributed by atoms with Gasteiger partial charge in [-0.15, -0.1) is 0 Å². The van der Waals surface area contributed by atoms with Gasteiger partial charge in [-0.25, -0.2) is 0 Å². The van der Waals surface area contributed by atoms with Gasteiger partial charge in [0, 0.05) is 24.7 Å². The number of aliphatic carboxylic acids is 2. The molecule has 0 amide bonds. The van der Waals surface area contributed by atoms with Crippen molar-refractivity contribution in [3.63, 3.8) is 0 Å². The zero-order valence-corrected chi connectivity index (χ0v) is 29.2. The highest BCUT2D eigenvalue weighted by molar-refractivity contribution is 5.89. The van der Waals surface area contributed by atoms with E-state index in [1.165, 1.54) is 16.7 Å². The molecule has 4 rings (SSSR count). The maximum atomic E-state index is 14.1. The average Bonchev–Trinajstić information content (AvgIpc) is 3.23. The number of carboxylic acids is 2. The molecule has 0 bridgehead atoms. The van der Waals surface area contributed by atoms with Crippen LogP contribution in [0, 0.1) is 45.3 Å². The van der Waals surface area contributed by atoms with Crippen LogP contribution < -0.4 is 0 Å². The van der Waals surface area contributed by atoms with Gasteiger partial charge in [-0.3, -0.25) is 14.4 Å². The smallest absolute Gasteiger partial charge is 0.310 e. The number of hydrogen-bond acceptors (Lipinski definition) is 3. The van der Waals surface area contributed by atoms with E-state index in [9.17, 15) is 24.6 Å². The minimum Gasteiger partial charge on any atom is -0.481 e. The third-order valence-corrected chi connectivity index (χ3v) is 13.4. The largest absolute Gasteiger partial charge is 0.481 e. The lowest BCUT2D eigenvalue weighted by atomic mass is 9.49. The summed E-state index contributed by atoms with van der Waals surface area (Å²) in [4.78, 5) is 38.4. The topological polar surface area (TPSA) is 91.7 Å². The van der Waals surface area contributed by atoms with Crippen molar-refractivity contribution in [1.82, 2.24) is 0 Å². The summed E-state index contributed by atoms with van der Waals surface area (Å²) >= 11 is 0. The number of allylic oxidation sites excluding steroid dienone is 9. The zero-order valence-electron chi connectivity index (χ0n) is 29.2. The van der Waals surface area contributed by atoms with E-state index in [1.807, 2.05) is 0 Å². The first-order valence-corrected chi connectivity index (χ1v) is 17.3. The van der Waals surface area contributed by atoms with Gasteiger partial charge in [-0.05, 0) is 119 Å². The quantitative estimate of drug-likeness (QED) is 0.212. The lowest BCUT2D eigenvalue weighted by molar-refractivity contribution is -0.155. The summed E-state index contributed by atoms with van der Waals surface area (Å²) in [5.41, 5.74) is 4.98. The monoisotopic (exact) mass is 618 g/mol. The zero-order chi connectivity index (χ0) is 33.5. The van der Waals surface area contributed by atoms with E-state index in [2.05, 4.69) is 79.3 Å². The van der Waals surface area contributed by atoms with Gasteiger partial charge in [0.15, 0.2) is 0 Å². The van der Waals surface area contributed by atoms with Crippen molar-refractivity contribution < 1.29 is 24.6 Å². The molecule has 2 N–H and O–H groups in total. The fourth-order valence-corrected chi connectivity index (χ4v) is 10.1. The number of carboxylic acid groups (broad SMARTS) is 2. The van der Waals surface area contributed by atoms with Crippen LogP contribution in [-0.4, -0.2) is 27.9 Å². The summed E-state index contributed by atoms with van der Waals surface area (Å²) in [5.74, 6) is -1.47. The highest BCUT2D eigenvalue weighted by atomic mass is 16.4. The Bertz CT molecular complexity index is 1360. The van der Waals surface area contributed by atoms with Gasteiger partial charge in [0.2, 0.25) is 0 Å². The van der Waals surface area contributed by atoms with Crippen molar-refractivity contribution >= 4 is 17.7 Å². The number of ketones is 1. The first-order valence-electron chi connectivity index (χ1n) is 17.3. The van der Waals surface area contributed by atoms with Crippen LogP contribution in [0.15, 0.2) is 58.7 Å². The summed E-state index contributed by atoms with van der Waals surface area (Å²) in [6.45, 7) is 21.5. The molecular weight excluding hydrogens is 560 g/mol. The van der Waals surface area contributed by atoms with Crippen LogP contribution in [0.25, 0.3) is 0 Å². The van der Waals surface area contributed by atoms with E-state index in [0.717, 1.165) is 49.7 Å². The van der Waals surface area contributed by atoms with Crippen molar-refractivity contribution in [2.24, 2.45) is 45.3 Å². The Kier molecular flexibility index (Phi) is 10.0. The number of carbonyl (C=O) groups excluding carboxylic acids is 1. The Morgan fingerprint density at radius 2 is 1.78 bits per heavy atom. The highest BCUT2D eigenvalue weighted by Gasteiger charge is 2.59. The summed E-state index contributed by atoms with van der Waals surface area (Å²) in [5, 5.41) is 19.9. The van der Waals surface area contributed by atoms with E-state index in [-0.39, 0.29) is 40.3 Å². The van der Waals surface area contributed by atoms with Crippen molar-refractivity contribution in [2.75, 3.05) is 0 Å². The molecule has 5 heteroatoms. The Labute approximate surface area is 272 Å². The van der Waals surface area contributed by atoms with E-state index in [4.69, 9.17) is 0 Å². The molecule has 45 heavy (non-hydrogen) atoms. The SMILES string of the molecule is C=C(C)[C@@H]1C=CC2=C3CC[C@@](C)([C@H](C)CC(=O)[C@@H]4CC=C(CCC=C(C)C)C[C@@]4(C)C(=O)O)[C@]3(C)CC[C@H]2[C@@]1(C)CCC(=O)O. The molecule has 0 radical (unpaired) electrons. The number of fused-ring (bicyclic) bond motifs is 2. The number of rotatable bonds is 12. The first kappa shape index (κ1) is 35.2. The predicted octanol–water partition coefficient (Wildman–Crippen LogP) is 9.90. The second-order valence-corrected chi connectivity index (χ2v) is 16.3. The van der Waals surface area contributed by atoms with Crippen LogP contribution in [0.2, 0.25) is 0 Å². The van der Waals surface area contributed by atoms with E-state index < -0.39 is 23.3 Å². The summed E-state index contributed by atoms with van der Waals surface area (Å²) in [7, 11) is 0. The fraction of sp³-hybridized carbons (Fsp3) is 0.675. The van der Waals surface area contributed by atoms with E-state index in [0.29, 0.717) is 31.6 Å². The van der Waals surface area contributed by atoms with Crippen LogP contribution in [0.3, 0.4) is 0 Å². The van der Waals surface area contributed by atoms with Crippen LogP contribution in [0.4, 0.5) is 0 Å². The summed E-state index contributed by atoms with van der Waals surface area (Å²) < 4.78 is 0. The molecule has 0 aromatic heterocycles. The minimum absolute atomic E-state index is 0.0622. The van der Waals surface area contributed by atoms with Crippen molar-refractivity contribution in [1.29, 1.82) is 0 Å². The lowest BCUT2D eigenvalue weighted by Crippen LogP contribution is -2.47. The van der Waals surface area contributed by atoms with Crippen molar-refractivity contribution in [3.8, 4) is 0 Å². The van der Waals surface area contributed by atoms with Crippen LogP contribution in [0.1, 0.15) is 126 Å². The van der Waals surface area contributed by atoms with Gasteiger partial charge in [0.25, 0.3) is 0 Å². The second-order valence-electron chi connectivity index (χ2n) is 16.3. The molecule has 4 aliphatic rings. The molecule has 4 aliphatic carbocycles. The van der Waals surface area contributed by atoms with Crippen molar-refractivity contribution in [2.45, 2.75) is 126 Å². The minimum atomic E-state index is -1.08. The van der Waals surface area contributed by atoms with Crippen molar-refractivity contribution in [3.05, 3.63) is 58.7 Å². The number of carbonyl (C=O) groups is 3. The molecule has 8 atom stereocenters. The molecule has 0 aromatic carbocycles. The predicted molar refractivity (Wildman–Crippen MR) is 182 cm³/mol. The van der Waals surface area contributed by atoms with Gasteiger partial charge in [-0.1, -0.05) is 80.9 Å². The standard InChI is InChI=1S/C40H58O5/c1-25(2)11-10-12-28-13-15-33(38(7,24-28)36(44)45)34(41)23-27(5)39(8)21-18-32-29-14-16-30(26(3)4)37(6,20-19-35(42)43)31(29)17-22-40(32,39)9/h11,13-14,16,27,30-31,33H,3,10,12,15,17-24H2,1-2,4-9H3,(H,42,43)(H,44,45)/t27-,30+,31-,33+,37+,38-,39+,40-/m1/s1. The Morgan fingerprint density at radius 1 is 1.09 bits per heavy atom. The average molecular weight is 619 g/mol. The Balaban J connectivity index is 1.59. The molecule has 248 valence electrons. The molecule has 1 fully saturated rings. The van der Waals surface area contributed by atoms with Crippen LogP contribution >= 0.6 is 0 Å². The maximum absolute atomic E-state index is 14.1. The molecule has 0 saturated heterocycles. The normalized spacial score (nSPS) is 36.4. The molecule has 0 aliphatic heterocycles. The number of hydrogen-bond donors (Lipinski definition) is 2. The van der Waals surface area contributed by atoms with Gasteiger partial charge >= 0.3 is 11.9 Å². The van der Waals surface area contributed by atoms with Crippen LogP contribution in [0.5, 0.6) is 0 Å². The van der Waals surface area contributed by atoms with Gasteiger partial charge in [0.05, 0.1) is 5.41 Å². The first-order chi connectivity index (χ1) is 20.9. The number of Topliss-reactive ketones (excluding diaryl/α,β-unsaturated/α-hetero) is 1. The van der Waals surface area contributed by atoms with Crippen LogP contribution in [-0.2, 0) is 14.4 Å². The van der Waals surface area contributed by atoms with Gasteiger partial charge in [0.1, 0.15) is 5.78 Å². The molecule has 0 aromatic rings. The molecule has 0 heterocycles. The third-order valence-electron chi connectivity index (χ3n) is 13.4. The van der Waals surface area contributed by atoms with Gasteiger partial charge in [-0.2, -0.15) is 0 Å². The second kappa shape index (κ2) is 12.8. The maximum Gasteiger partial charge on any atom is 0.310 e. The lowest BCUT2D eigenvalue weighted by Gasteiger charge is -2.55. The Morgan fingerprint density at radius 3 is 2.38 bits per heavy atom. The van der Waals surface area contributed by atoms with E-state index >= 15 is 0 Å². The van der Waals surface area contributed by atoms with Gasteiger partial charge < -0.3 is 10.2 Å². The molecular formula is C40H58O5. The molecule has 5 nitrogen and oxygen atoms in total. The molecule has 1 saturated carbocycles. The fourth-order valence-electron chi connectivity index (χ4n) is 10.1. The summed E-state index contributed by atoms with van der Waals surface area (Å²) in [6, 6.07) is 0.